The van der Waals surface area contributed by atoms with Gasteiger partial charge in [-0.05, 0) is 31.2 Å². The molecule has 8 heteroatoms. The topological polar surface area (TPSA) is 63.6 Å². The third-order valence-electron chi connectivity index (χ3n) is 2.54. The fourth-order valence-electron chi connectivity index (χ4n) is 1.70. The van der Waals surface area contributed by atoms with E-state index < -0.39 is 0 Å². The number of hydrogen-bond acceptors (Lipinski definition) is 8. The predicted octanol–water partition coefficient (Wildman–Crippen LogP) is 3.82. The lowest BCUT2D eigenvalue weighted by molar-refractivity contribution is 0.946. The van der Waals surface area contributed by atoms with E-state index in [4.69, 9.17) is 0 Å². The lowest BCUT2D eigenvalue weighted by Crippen LogP contribution is -2.04. The maximum Gasteiger partial charge on any atom is 0.225 e. The molecule has 0 fully saturated rings. The SMILES string of the molecule is CCCNc1nc(Sc2nncs2)c2cc(C)sc2n1. The molecule has 0 spiro atoms. The molecule has 0 aliphatic heterocycles. The highest BCUT2D eigenvalue weighted by Crippen LogP contribution is 2.36. The van der Waals surface area contributed by atoms with Gasteiger partial charge < -0.3 is 5.32 Å². The first-order valence-corrected chi connectivity index (χ1v) is 8.73. The minimum absolute atomic E-state index is 0.688. The first kappa shape index (κ1) is 13.7. The van der Waals surface area contributed by atoms with E-state index >= 15 is 0 Å². The van der Waals surface area contributed by atoms with Crippen LogP contribution in [0.2, 0.25) is 0 Å². The van der Waals surface area contributed by atoms with Gasteiger partial charge in [0, 0.05) is 16.8 Å². The summed E-state index contributed by atoms with van der Waals surface area (Å²) in [6.45, 7) is 5.08. The van der Waals surface area contributed by atoms with Crippen LogP contribution in [0.1, 0.15) is 18.2 Å². The molecule has 3 rings (SSSR count). The highest BCUT2D eigenvalue weighted by atomic mass is 32.2. The molecule has 3 aromatic heterocycles. The summed E-state index contributed by atoms with van der Waals surface area (Å²) < 4.78 is 0.898. The molecule has 5 nitrogen and oxygen atoms in total. The van der Waals surface area contributed by atoms with Crippen LogP contribution >= 0.6 is 34.4 Å². The van der Waals surface area contributed by atoms with Crippen LogP contribution in [0.4, 0.5) is 5.95 Å². The van der Waals surface area contributed by atoms with Gasteiger partial charge in [0.1, 0.15) is 15.4 Å². The molecule has 0 atom stereocenters. The van der Waals surface area contributed by atoms with E-state index in [1.54, 1.807) is 28.6 Å². The number of anilines is 1. The Hall–Kier alpha value is -1.25. The van der Waals surface area contributed by atoms with E-state index in [2.05, 4.69) is 45.4 Å². The smallest absolute Gasteiger partial charge is 0.225 e. The second kappa shape index (κ2) is 6.02. The standard InChI is InChI=1S/C12H13N5S3/c1-3-4-13-11-15-9-8(5-7(2)19-9)10(16-11)20-12-17-14-6-18-12/h5-6H,3-4H2,1-2H3,(H,13,15,16). The molecule has 0 aliphatic carbocycles. The van der Waals surface area contributed by atoms with Crippen molar-refractivity contribution in [1.29, 1.82) is 0 Å². The Balaban J connectivity index is 2.02. The summed E-state index contributed by atoms with van der Waals surface area (Å²) in [5.41, 5.74) is 1.73. The van der Waals surface area contributed by atoms with Crippen LogP contribution < -0.4 is 5.32 Å². The number of thiophene rings is 1. The van der Waals surface area contributed by atoms with Crippen molar-refractivity contribution in [3.8, 4) is 0 Å². The number of rotatable bonds is 5. The summed E-state index contributed by atoms with van der Waals surface area (Å²) in [4.78, 5) is 11.4. The maximum atomic E-state index is 4.61. The summed E-state index contributed by atoms with van der Waals surface area (Å²) in [5.74, 6) is 0.688. The highest BCUT2D eigenvalue weighted by Gasteiger charge is 2.13. The van der Waals surface area contributed by atoms with Gasteiger partial charge in [0.15, 0.2) is 4.34 Å². The van der Waals surface area contributed by atoms with Crippen LogP contribution in [0.15, 0.2) is 20.9 Å². The summed E-state index contributed by atoms with van der Waals surface area (Å²) >= 11 is 4.75. The van der Waals surface area contributed by atoms with E-state index in [1.165, 1.54) is 16.2 Å². The number of fused-ring (bicyclic) bond motifs is 1. The van der Waals surface area contributed by atoms with Gasteiger partial charge in [-0.15, -0.1) is 21.5 Å². The van der Waals surface area contributed by atoms with Crippen LogP contribution in [0.25, 0.3) is 10.2 Å². The predicted molar refractivity (Wildman–Crippen MR) is 85.0 cm³/mol. The molecule has 0 radical (unpaired) electrons. The largest absolute Gasteiger partial charge is 0.354 e. The first-order valence-electron chi connectivity index (χ1n) is 6.22. The molecule has 104 valence electrons. The molecule has 20 heavy (non-hydrogen) atoms. The highest BCUT2D eigenvalue weighted by molar-refractivity contribution is 8.01. The monoisotopic (exact) mass is 323 g/mol. The van der Waals surface area contributed by atoms with Gasteiger partial charge in [-0.3, -0.25) is 0 Å². The average molecular weight is 323 g/mol. The fourth-order valence-corrected chi connectivity index (χ4v) is 4.13. The van der Waals surface area contributed by atoms with E-state index in [-0.39, 0.29) is 0 Å². The third kappa shape index (κ3) is 2.92. The van der Waals surface area contributed by atoms with Crippen LogP contribution in [0.3, 0.4) is 0 Å². The Morgan fingerprint density at radius 2 is 2.25 bits per heavy atom. The Morgan fingerprint density at radius 1 is 1.35 bits per heavy atom. The fraction of sp³-hybridized carbons (Fsp3) is 0.333. The molecular weight excluding hydrogens is 310 g/mol. The molecule has 0 amide bonds. The number of hydrogen-bond donors (Lipinski definition) is 1. The van der Waals surface area contributed by atoms with Crippen molar-refractivity contribution in [2.75, 3.05) is 11.9 Å². The van der Waals surface area contributed by atoms with Gasteiger partial charge in [-0.25, -0.2) is 9.97 Å². The molecule has 0 saturated heterocycles. The van der Waals surface area contributed by atoms with E-state index in [0.29, 0.717) is 5.95 Å². The molecule has 1 N–H and O–H groups in total. The summed E-state index contributed by atoms with van der Waals surface area (Å²) in [6, 6.07) is 2.13. The van der Waals surface area contributed by atoms with Crippen LogP contribution in [0, 0.1) is 6.92 Å². The van der Waals surface area contributed by atoms with Gasteiger partial charge in [0.05, 0.1) is 0 Å². The molecule has 0 unspecified atom stereocenters. The number of nitrogens with one attached hydrogen (secondary N) is 1. The third-order valence-corrected chi connectivity index (χ3v) is 5.26. The first-order chi connectivity index (χ1) is 9.76. The molecule has 0 saturated carbocycles. The molecule has 3 heterocycles. The molecule has 0 aromatic carbocycles. The molecular formula is C12H13N5S3. The Bertz CT molecular complexity index is 707. The normalized spacial score (nSPS) is 11.1. The summed E-state index contributed by atoms with van der Waals surface area (Å²) in [6.07, 6.45) is 1.05. The van der Waals surface area contributed by atoms with E-state index in [1.807, 2.05) is 0 Å². The minimum Gasteiger partial charge on any atom is -0.354 e. The van der Waals surface area contributed by atoms with Gasteiger partial charge in [-0.1, -0.05) is 18.3 Å². The van der Waals surface area contributed by atoms with Crippen molar-refractivity contribution >= 4 is 50.6 Å². The zero-order valence-electron chi connectivity index (χ0n) is 11.1. The van der Waals surface area contributed by atoms with E-state index in [9.17, 15) is 0 Å². The average Bonchev–Trinajstić information content (AvgIpc) is 3.05. The quantitative estimate of drug-likeness (QED) is 0.720. The Labute approximate surface area is 128 Å². The number of aryl methyl sites for hydroxylation is 1. The van der Waals surface area contributed by atoms with Crippen molar-refractivity contribution in [1.82, 2.24) is 20.2 Å². The van der Waals surface area contributed by atoms with Crippen molar-refractivity contribution in [2.45, 2.75) is 29.6 Å². The van der Waals surface area contributed by atoms with Crippen molar-refractivity contribution in [3.05, 3.63) is 16.5 Å². The van der Waals surface area contributed by atoms with Gasteiger partial charge in [-0.2, -0.15) is 0 Å². The molecule has 3 aromatic rings. The minimum atomic E-state index is 0.688. The van der Waals surface area contributed by atoms with Gasteiger partial charge >= 0.3 is 0 Å². The summed E-state index contributed by atoms with van der Waals surface area (Å²) in [5, 5.41) is 13.2. The number of aromatic nitrogens is 4. The summed E-state index contributed by atoms with van der Waals surface area (Å²) in [7, 11) is 0. The lowest BCUT2D eigenvalue weighted by Gasteiger charge is -2.05. The zero-order valence-corrected chi connectivity index (χ0v) is 13.5. The second-order valence-corrected chi connectivity index (χ2v) is 7.47. The lowest BCUT2D eigenvalue weighted by atomic mass is 10.4. The van der Waals surface area contributed by atoms with Crippen molar-refractivity contribution < 1.29 is 0 Å². The second-order valence-electron chi connectivity index (χ2n) is 4.16. The van der Waals surface area contributed by atoms with Crippen LogP contribution in [-0.2, 0) is 0 Å². The van der Waals surface area contributed by atoms with Gasteiger partial charge in [0.2, 0.25) is 5.95 Å². The van der Waals surface area contributed by atoms with Crippen molar-refractivity contribution in [2.24, 2.45) is 0 Å². The maximum absolute atomic E-state index is 4.61. The Morgan fingerprint density at radius 3 is 3.00 bits per heavy atom. The van der Waals surface area contributed by atoms with Crippen LogP contribution in [0.5, 0.6) is 0 Å². The van der Waals surface area contributed by atoms with Gasteiger partial charge in [0.25, 0.3) is 0 Å². The van der Waals surface area contributed by atoms with Crippen molar-refractivity contribution in [3.63, 3.8) is 0 Å². The molecule has 0 aliphatic rings. The Kier molecular flexibility index (Phi) is 4.13. The van der Waals surface area contributed by atoms with Crippen LogP contribution in [-0.4, -0.2) is 26.7 Å². The van der Waals surface area contributed by atoms with E-state index in [0.717, 1.165) is 32.5 Å². The molecule has 0 bridgehead atoms. The number of nitrogens with zero attached hydrogens (tertiary/aromatic N) is 4. The zero-order chi connectivity index (χ0) is 13.9.